The molecule has 2 aromatic carbocycles. The second-order valence-corrected chi connectivity index (χ2v) is 7.59. The molecule has 0 spiro atoms. The van der Waals surface area contributed by atoms with Gasteiger partial charge in [-0.2, -0.15) is 0 Å². The highest BCUT2D eigenvalue weighted by Crippen LogP contribution is 2.28. The number of carbonyl (C=O) groups is 1. The Hall–Kier alpha value is -2.53. The molecule has 2 saturated heterocycles. The van der Waals surface area contributed by atoms with E-state index in [0.717, 1.165) is 38.2 Å². The highest BCUT2D eigenvalue weighted by molar-refractivity contribution is 6.06. The maximum atomic E-state index is 12.9. The van der Waals surface area contributed by atoms with Crippen LogP contribution in [0.4, 0.5) is 11.4 Å². The lowest BCUT2D eigenvalue weighted by Crippen LogP contribution is -2.20. The summed E-state index contributed by atoms with van der Waals surface area (Å²) in [5, 5.41) is 3.02. The van der Waals surface area contributed by atoms with E-state index < -0.39 is 0 Å². The average Bonchev–Trinajstić information content (AvgIpc) is 3.41. The van der Waals surface area contributed by atoms with E-state index in [-0.39, 0.29) is 12.0 Å². The third-order valence-electron chi connectivity index (χ3n) is 5.48. The third-order valence-corrected chi connectivity index (χ3v) is 5.48. The van der Waals surface area contributed by atoms with Gasteiger partial charge in [0.2, 0.25) is 0 Å². The van der Waals surface area contributed by atoms with Gasteiger partial charge in [-0.3, -0.25) is 4.79 Å². The molecule has 2 fully saturated rings. The van der Waals surface area contributed by atoms with E-state index in [1.807, 2.05) is 30.3 Å². The van der Waals surface area contributed by atoms with Gasteiger partial charge in [0.15, 0.2) is 0 Å². The number of hydrogen-bond donors (Lipinski definition) is 1. The van der Waals surface area contributed by atoms with Gasteiger partial charge in [-0.05, 0) is 68.5 Å². The van der Waals surface area contributed by atoms with Gasteiger partial charge in [-0.25, -0.2) is 0 Å². The number of benzene rings is 2. The van der Waals surface area contributed by atoms with E-state index in [4.69, 9.17) is 9.47 Å². The van der Waals surface area contributed by atoms with Crippen LogP contribution in [0.5, 0.6) is 5.75 Å². The van der Waals surface area contributed by atoms with Crippen molar-refractivity contribution >= 4 is 17.3 Å². The number of aryl methyl sites for hydroxylation is 1. The molecule has 1 atom stereocenters. The lowest BCUT2D eigenvalue weighted by atomic mass is 10.1. The number of hydrogen-bond acceptors (Lipinski definition) is 4. The first-order chi connectivity index (χ1) is 13.7. The van der Waals surface area contributed by atoms with Gasteiger partial charge in [-0.15, -0.1) is 0 Å². The number of nitrogens with one attached hydrogen (secondary N) is 1. The van der Waals surface area contributed by atoms with E-state index in [0.29, 0.717) is 17.9 Å². The summed E-state index contributed by atoms with van der Waals surface area (Å²) in [6, 6.07) is 13.5. The summed E-state index contributed by atoms with van der Waals surface area (Å²) in [6.45, 7) is 5.60. The van der Waals surface area contributed by atoms with Crippen molar-refractivity contribution in [2.75, 3.05) is 36.5 Å². The fourth-order valence-corrected chi connectivity index (χ4v) is 3.98. The molecule has 0 radical (unpaired) electrons. The molecule has 4 rings (SSSR count). The molecule has 2 heterocycles. The molecule has 148 valence electrons. The number of nitrogens with zero attached hydrogens (tertiary/aromatic N) is 1. The second kappa shape index (κ2) is 8.65. The van der Waals surface area contributed by atoms with Crippen LogP contribution in [0.3, 0.4) is 0 Å². The second-order valence-electron chi connectivity index (χ2n) is 7.59. The number of anilines is 2. The Balaban J connectivity index is 1.44. The molecular weight excluding hydrogens is 352 g/mol. The molecule has 28 heavy (non-hydrogen) atoms. The van der Waals surface area contributed by atoms with E-state index in [1.54, 1.807) is 6.07 Å². The lowest BCUT2D eigenvalue weighted by molar-refractivity contribution is 0.0673. The molecule has 2 aliphatic rings. The first kappa shape index (κ1) is 18.8. The van der Waals surface area contributed by atoms with Crippen LogP contribution in [-0.2, 0) is 4.74 Å². The summed E-state index contributed by atoms with van der Waals surface area (Å²) in [7, 11) is 0. The van der Waals surface area contributed by atoms with E-state index in [9.17, 15) is 4.79 Å². The molecule has 1 unspecified atom stereocenters. The molecule has 5 heteroatoms. The lowest BCUT2D eigenvalue weighted by Gasteiger charge is -2.21. The molecule has 0 aromatic heterocycles. The Kier molecular flexibility index (Phi) is 5.81. The van der Waals surface area contributed by atoms with Crippen molar-refractivity contribution in [2.45, 2.75) is 38.7 Å². The Morgan fingerprint density at radius 1 is 1.18 bits per heavy atom. The zero-order valence-corrected chi connectivity index (χ0v) is 16.4. The number of rotatable bonds is 6. The number of amides is 1. The first-order valence-corrected chi connectivity index (χ1v) is 10.2. The zero-order valence-electron chi connectivity index (χ0n) is 16.4. The molecule has 2 aromatic rings. The standard InChI is InChI=1S/C23H28N2O3/c1-17-15-18(10-11-21(17)25-12-4-5-13-25)24-23(26)20-8-2-3-9-22(20)28-16-19-7-6-14-27-19/h2-3,8-11,15,19H,4-7,12-14,16H2,1H3,(H,24,26). The molecule has 0 saturated carbocycles. The highest BCUT2D eigenvalue weighted by Gasteiger charge is 2.19. The number of ether oxygens (including phenoxy) is 2. The zero-order chi connectivity index (χ0) is 19.3. The largest absolute Gasteiger partial charge is 0.490 e. The van der Waals surface area contributed by atoms with Crippen molar-refractivity contribution in [3.63, 3.8) is 0 Å². The Labute approximate surface area is 166 Å². The molecule has 1 amide bonds. The topological polar surface area (TPSA) is 50.8 Å². The van der Waals surface area contributed by atoms with Crippen molar-refractivity contribution in [3.05, 3.63) is 53.6 Å². The molecule has 2 aliphatic heterocycles. The van der Waals surface area contributed by atoms with Crippen LogP contribution in [0.1, 0.15) is 41.6 Å². The van der Waals surface area contributed by atoms with Crippen LogP contribution in [0, 0.1) is 6.92 Å². The number of para-hydroxylation sites is 1. The van der Waals surface area contributed by atoms with Crippen molar-refractivity contribution in [3.8, 4) is 5.75 Å². The van der Waals surface area contributed by atoms with E-state index >= 15 is 0 Å². The predicted molar refractivity (Wildman–Crippen MR) is 111 cm³/mol. The van der Waals surface area contributed by atoms with Crippen LogP contribution in [0.15, 0.2) is 42.5 Å². The highest BCUT2D eigenvalue weighted by atomic mass is 16.5. The van der Waals surface area contributed by atoms with E-state index in [1.165, 1.54) is 24.1 Å². The molecule has 1 N–H and O–H groups in total. The van der Waals surface area contributed by atoms with Crippen LogP contribution >= 0.6 is 0 Å². The van der Waals surface area contributed by atoms with Gasteiger partial charge in [-0.1, -0.05) is 12.1 Å². The predicted octanol–water partition coefficient (Wildman–Crippen LogP) is 4.41. The van der Waals surface area contributed by atoms with Crippen molar-refractivity contribution in [2.24, 2.45) is 0 Å². The first-order valence-electron chi connectivity index (χ1n) is 10.2. The van der Waals surface area contributed by atoms with Gasteiger partial charge in [0.05, 0.1) is 11.7 Å². The maximum absolute atomic E-state index is 12.9. The SMILES string of the molecule is Cc1cc(NC(=O)c2ccccc2OCC2CCCO2)ccc1N1CCCC1. The smallest absolute Gasteiger partial charge is 0.259 e. The maximum Gasteiger partial charge on any atom is 0.259 e. The summed E-state index contributed by atoms with van der Waals surface area (Å²) in [4.78, 5) is 15.3. The quantitative estimate of drug-likeness (QED) is 0.807. The van der Waals surface area contributed by atoms with Gasteiger partial charge in [0.1, 0.15) is 12.4 Å². The average molecular weight is 380 g/mol. The fraction of sp³-hybridized carbons (Fsp3) is 0.435. The minimum absolute atomic E-state index is 0.122. The van der Waals surface area contributed by atoms with Crippen LogP contribution in [0.2, 0.25) is 0 Å². The molecule has 0 aliphatic carbocycles. The van der Waals surface area contributed by atoms with Crippen LogP contribution in [0.25, 0.3) is 0 Å². The minimum atomic E-state index is -0.156. The van der Waals surface area contributed by atoms with Crippen LogP contribution < -0.4 is 15.0 Å². The normalized spacial score (nSPS) is 19.0. The monoisotopic (exact) mass is 380 g/mol. The molecule has 5 nitrogen and oxygen atoms in total. The van der Waals surface area contributed by atoms with Gasteiger partial charge < -0.3 is 19.7 Å². The van der Waals surface area contributed by atoms with Gasteiger partial charge in [0.25, 0.3) is 5.91 Å². The molecule has 0 bridgehead atoms. The summed E-state index contributed by atoms with van der Waals surface area (Å²) in [5.41, 5.74) is 3.79. The Morgan fingerprint density at radius 3 is 2.75 bits per heavy atom. The molecular formula is C23H28N2O3. The fourth-order valence-electron chi connectivity index (χ4n) is 3.98. The summed E-state index contributed by atoms with van der Waals surface area (Å²) in [6.07, 6.45) is 4.71. The van der Waals surface area contributed by atoms with Gasteiger partial charge >= 0.3 is 0 Å². The van der Waals surface area contributed by atoms with Crippen LogP contribution in [-0.4, -0.2) is 38.3 Å². The number of carbonyl (C=O) groups excluding carboxylic acids is 1. The Morgan fingerprint density at radius 2 is 2.00 bits per heavy atom. The summed E-state index contributed by atoms with van der Waals surface area (Å²) < 4.78 is 11.5. The Bertz CT molecular complexity index is 824. The van der Waals surface area contributed by atoms with Gasteiger partial charge in [0, 0.05) is 31.1 Å². The van der Waals surface area contributed by atoms with Crippen molar-refractivity contribution in [1.82, 2.24) is 0 Å². The van der Waals surface area contributed by atoms with E-state index in [2.05, 4.69) is 23.2 Å². The van der Waals surface area contributed by atoms with Crippen molar-refractivity contribution in [1.29, 1.82) is 0 Å². The third kappa shape index (κ3) is 4.30. The van der Waals surface area contributed by atoms with Crippen molar-refractivity contribution < 1.29 is 14.3 Å². The summed E-state index contributed by atoms with van der Waals surface area (Å²) in [5.74, 6) is 0.442. The summed E-state index contributed by atoms with van der Waals surface area (Å²) >= 11 is 0. The minimum Gasteiger partial charge on any atom is -0.490 e.